The van der Waals surface area contributed by atoms with Gasteiger partial charge in [0.25, 0.3) is 0 Å². The van der Waals surface area contributed by atoms with Gasteiger partial charge in [-0.2, -0.15) is 0 Å². The molecule has 0 aliphatic rings. The summed E-state index contributed by atoms with van der Waals surface area (Å²) in [5.74, 6) is -0.284. The number of ether oxygens (including phenoxy) is 2. The Morgan fingerprint density at radius 2 is 1.53 bits per heavy atom. The van der Waals surface area contributed by atoms with E-state index < -0.39 is 12.2 Å². The molecule has 8 nitrogen and oxygen atoms in total. The molecule has 6 N–H and O–H groups in total. The first-order valence-corrected chi connectivity index (χ1v) is 4.12. The molecule has 0 aromatic rings. The van der Waals surface area contributed by atoms with Crippen molar-refractivity contribution in [3.63, 3.8) is 0 Å². The van der Waals surface area contributed by atoms with Crippen molar-refractivity contribution in [3.05, 3.63) is 0 Å². The Balaban J connectivity index is 0. The zero-order valence-electron chi connectivity index (χ0n) is 8.73. The predicted molar refractivity (Wildman–Crippen MR) is 54.0 cm³/mol. The molecule has 0 fully saturated rings. The number of hydrogen-bond donors (Lipinski definition) is 3. The summed E-state index contributed by atoms with van der Waals surface area (Å²) in [4.78, 5) is 23.0. The number of amides is 2. The number of primary amides is 1. The average Bonchev–Trinajstić information content (AvgIpc) is 2.03. The standard InChI is InChI=1S/C4H9N3O2.C3H7NO2/c1-2-9-4(8)7-3(5)6;1-2-6-3(4)5/h2H2,1H3,(H4,5,6,7,8);2H2,1H3,(H2,4,5). The molecule has 8 heteroatoms. The number of rotatable bonds is 2. The molecule has 0 aliphatic carbocycles. The Bertz CT molecular complexity index is 225. The quantitative estimate of drug-likeness (QED) is 0.423. The summed E-state index contributed by atoms with van der Waals surface area (Å²) < 4.78 is 8.55. The second-order valence-electron chi connectivity index (χ2n) is 1.99. The van der Waals surface area contributed by atoms with Crippen LogP contribution in [0.3, 0.4) is 0 Å². The first-order valence-electron chi connectivity index (χ1n) is 4.12. The van der Waals surface area contributed by atoms with Crippen LogP contribution in [0, 0.1) is 0 Å². The highest BCUT2D eigenvalue weighted by atomic mass is 16.5. The Morgan fingerprint density at radius 1 is 1.07 bits per heavy atom. The smallest absolute Gasteiger partial charge is 0.436 e. The van der Waals surface area contributed by atoms with Gasteiger partial charge in [-0.1, -0.05) is 0 Å². The van der Waals surface area contributed by atoms with Gasteiger partial charge in [0.2, 0.25) is 0 Å². The van der Waals surface area contributed by atoms with Crippen molar-refractivity contribution in [2.45, 2.75) is 13.8 Å². The topological polar surface area (TPSA) is 143 Å². The van der Waals surface area contributed by atoms with Crippen LogP contribution in [0.1, 0.15) is 13.8 Å². The number of nitrogens with two attached hydrogens (primary N) is 3. The van der Waals surface area contributed by atoms with E-state index in [1.807, 2.05) is 0 Å². The minimum Gasteiger partial charge on any atom is -0.450 e. The summed E-state index contributed by atoms with van der Waals surface area (Å²) in [5.41, 5.74) is 14.2. The Labute approximate surface area is 87.4 Å². The molecular weight excluding hydrogens is 204 g/mol. The van der Waals surface area contributed by atoms with Gasteiger partial charge < -0.3 is 26.7 Å². The summed E-state index contributed by atoms with van der Waals surface area (Å²) in [6.45, 7) is 4.00. The lowest BCUT2D eigenvalue weighted by Crippen LogP contribution is -2.24. The summed E-state index contributed by atoms with van der Waals surface area (Å²) in [6, 6.07) is 0. The number of carbonyl (C=O) groups is 2. The van der Waals surface area contributed by atoms with Crippen molar-refractivity contribution >= 4 is 18.1 Å². The maximum Gasteiger partial charge on any atom is 0.436 e. The molecule has 0 bridgehead atoms. The van der Waals surface area contributed by atoms with Gasteiger partial charge >= 0.3 is 12.2 Å². The molecule has 0 heterocycles. The largest absolute Gasteiger partial charge is 0.450 e. The molecule has 0 aromatic carbocycles. The molecule has 0 saturated heterocycles. The number of carbonyl (C=O) groups excluding carboxylic acids is 2. The summed E-state index contributed by atoms with van der Waals surface area (Å²) in [7, 11) is 0. The normalized spacial score (nSPS) is 7.87. The van der Waals surface area contributed by atoms with Crippen molar-refractivity contribution in [3.8, 4) is 0 Å². The van der Waals surface area contributed by atoms with Crippen molar-refractivity contribution < 1.29 is 19.1 Å². The van der Waals surface area contributed by atoms with E-state index in [1.165, 1.54) is 0 Å². The van der Waals surface area contributed by atoms with Crippen LogP contribution in [0.15, 0.2) is 4.99 Å². The van der Waals surface area contributed by atoms with Gasteiger partial charge in [0.15, 0.2) is 5.96 Å². The fraction of sp³-hybridized carbons (Fsp3) is 0.571. The van der Waals surface area contributed by atoms with Gasteiger partial charge in [-0.05, 0) is 13.8 Å². The lowest BCUT2D eigenvalue weighted by molar-refractivity contribution is 0.162. The third-order valence-electron chi connectivity index (χ3n) is 0.775. The highest BCUT2D eigenvalue weighted by Crippen LogP contribution is 1.79. The molecular formula is C7H16N4O4. The summed E-state index contributed by atoms with van der Waals surface area (Å²) in [5, 5.41) is 0. The van der Waals surface area contributed by atoms with Gasteiger partial charge in [0.05, 0.1) is 13.2 Å². The molecule has 2 amide bonds. The van der Waals surface area contributed by atoms with E-state index in [-0.39, 0.29) is 12.6 Å². The summed E-state index contributed by atoms with van der Waals surface area (Å²) in [6.07, 6.45) is -1.46. The van der Waals surface area contributed by atoms with E-state index in [1.54, 1.807) is 13.8 Å². The molecule has 0 saturated carbocycles. The minimum absolute atomic E-state index is 0.273. The monoisotopic (exact) mass is 220 g/mol. The maximum atomic E-state index is 10.3. The molecule has 15 heavy (non-hydrogen) atoms. The van der Waals surface area contributed by atoms with Crippen LogP contribution in [-0.2, 0) is 9.47 Å². The van der Waals surface area contributed by atoms with Gasteiger partial charge in [0, 0.05) is 0 Å². The first-order chi connectivity index (χ1) is 6.93. The minimum atomic E-state index is -0.752. The Kier molecular flexibility index (Phi) is 10.4. The van der Waals surface area contributed by atoms with Gasteiger partial charge in [-0.15, -0.1) is 4.99 Å². The van der Waals surface area contributed by atoms with Crippen molar-refractivity contribution in [2.24, 2.45) is 22.2 Å². The third kappa shape index (κ3) is 18.8. The molecule has 0 unspecified atom stereocenters. The molecule has 0 aromatic heterocycles. The van der Waals surface area contributed by atoms with E-state index in [4.69, 9.17) is 11.5 Å². The molecule has 0 atom stereocenters. The van der Waals surface area contributed by atoms with Crippen molar-refractivity contribution in [2.75, 3.05) is 13.2 Å². The second-order valence-corrected chi connectivity index (χ2v) is 1.99. The van der Waals surface area contributed by atoms with E-state index in [0.717, 1.165) is 0 Å². The van der Waals surface area contributed by atoms with Crippen molar-refractivity contribution in [1.29, 1.82) is 0 Å². The lowest BCUT2D eigenvalue weighted by atomic mass is 10.9. The van der Waals surface area contributed by atoms with E-state index in [2.05, 4.69) is 20.2 Å². The van der Waals surface area contributed by atoms with Gasteiger partial charge in [-0.3, -0.25) is 0 Å². The zero-order valence-corrected chi connectivity index (χ0v) is 8.73. The van der Waals surface area contributed by atoms with Crippen LogP contribution in [0.2, 0.25) is 0 Å². The number of hydrogen-bond acceptors (Lipinski definition) is 4. The highest BCUT2D eigenvalue weighted by Gasteiger charge is 1.94. The molecule has 0 aliphatic heterocycles. The maximum absolute atomic E-state index is 10.3. The Morgan fingerprint density at radius 3 is 1.73 bits per heavy atom. The zero-order chi connectivity index (χ0) is 12.3. The SMILES string of the molecule is CCOC(=O)N=C(N)N.CCOC(N)=O. The van der Waals surface area contributed by atoms with Crippen LogP contribution < -0.4 is 17.2 Å². The number of guanidine groups is 1. The van der Waals surface area contributed by atoms with Crippen LogP contribution in [0.25, 0.3) is 0 Å². The first kappa shape index (κ1) is 15.5. The van der Waals surface area contributed by atoms with Crippen LogP contribution in [-0.4, -0.2) is 31.4 Å². The fourth-order valence-electron chi connectivity index (χ4n) is 0.403. The van der Waals surface area contributed by atoms with Gasteiger partial charge in [0.1, 0.15) is 0 Å². The predicted octanol–water partition coefficient (Wildman–Crippen LogP) is -0.482. The van der Waals surface area contributed by atoms with Gasteiger partial charge in [-0.25, -0.2) is 9.59 Å². The Hall–Kier alpha value is -1.99. The second kappa shape index (κ2) is 10.1. The molecule has 0 spiro atoms. The van der Waals surface area contributed by atoms with E-state index >= 15 is 0 Å². The van der Waals surface area contributed by atoms with Crippen LogP contribution in [0.5, 0.6) is 0 Å². The number of nitrogens with zero attached hydrogens (tertiary/aromatic N) is 1. The van der Waals surface area contributed by atoms with E-state index in [9.17, 15) is 9.59 Å². The van der Waals surface area contributed by atoms with E-state index in [0.29, 0.717) is 6.61 Å². The molecule has 0 rings (SSSR count). The molecule has 88 valence electrons. The highest BCUT2D eigenvalue weighted by molar-refractivity contribution is 5.87. The van der Waals surface area contributed by atoms with Crippen LogP contribution in [0.4, 0.5) is 9.59 Å². The average molecular weight is 220 g/mol. The number of aliphatic imine (C=N–C) groups is 1. The summed E-state index contributed by atoms with van der Waals surface area (Å²) >= 11 is 0. The third-order valence-corrected chi connectivity index (χ3v) is 0.775. The lowest BCUT2D eigenvalue weighted by Gasteiger charge is -1.93. The van der Waals surface area contributed by atoms with Crippen molar-refractivity contribution in [1.82, 2.24) is 0 Å². The molecule has 0 radical (unpaired) electrons. The fourth-order valence-corrected chi connectivity index (χ4v) is 0.403. The van der Waals surface area contributed by atoms with Crippen LogP contribution >= 0.6 is 0 Å².